The van der Waals surface area contributed by atoms with Crippen LogP contribution in [0.5, 0.6) is 0 Å². The normalized spacial score (nSPS) is 12.6. The summed E-state index contributed by atoms with van der Waals surface area (Å²) in [4.78, 5) is 6.73. The quantitative estimate of drug-likeness (QED) is 0.726. The van der Waals surface area contributed by atoms with Gasteiger partial charge < -0.3 is 4.40 Å². The summed E-state index contributed by atoms with van der Waals surface area (Å²) in [5, 5.41) is 13.4. The highest BCUT2D eigenvalue weighted by molar-refractivity contribution is 7.07. The number of aromatic nitrogens is 2. The van der Waals surface area contributed by atoms with E-state index in [9.17, 15) is 0 Å². The van der Waals surface area contributed by atoms with Crippen LogP contribution in [0.2, 0.25) is 0 Å². The van der Waals surface area contributed by atoms with Crippen LogP contribution >= 0.6 is 11.3 Å². The van der Waals surface area contributed by atoms with Gasteiger partial charge >= 0.3 is 0 Å². The predicted octanol–water partition coefficient (Wildman–Crippen LogP) is 3.33. The molecular weight excluding hydrogens is 292 g/mol. The zero-order chi connectivity index (χ0) is 15.5. The molecular formula is C17H18N4S. The van der Waals surface area contributed by atoms with E-state index in [2.05, 4.69) is 46.8 Å². The van der Waals surface area contributed by atoms with Crippen LogP contribution in [-0.4, -0.2) is 27.4 Å². The minimum atomic E-state index is 0.444. The van der Waals surface area contributed by atoms with Crippen molar-refractivity contribution in [2.24, 2.45) is 0 Å². The van der Waals surface area contributed by atoms with E-state index in [4.69, 9.17) is 5.26 Å². The molecule has 1 atom stereocenters. The van der Waals surface area contributed by atoms with E-state index in [1.165, 1.54) is 5.56 Å². The third-order valence-corrected chi connectivity index (χ3v) is 4.72. The molecule has 0 unspecified atom stereocenters. The number of thiophene rings is 1. The maximum absolute atomic E-state index is 9.05. The average Bonchev–Trinajstić information content (AvgIpc) is 3.17. The van der Waals surface area contributed by atoms with E-state index in [1.807, 2.05) is 22.9 Å². The van der Waals surface area contributed by atoms with Crippen molar-refractivity contribution in [2.75, 3.05) is 7.05 Å². The molecule has 0 saturated carbocycles. The maximum atomic E-state index is 9.05. The molecule has 0 fully saturated rings. The van der Waals surface area contributed by atoms with Crippen LogP contribution in [0, 0.1) is 11.3 Å². The number of hydrogen-bond acceptors (Lipinski definition) is 4. The molecule has 0 radical (unpaired) electrons. The Morgan fingerprint density at radius 3 is 3.00 bits per heavy atom. The summed E-state index contributed by atoms with van der Waals surface area (Å²) in [6, 6.07) is 8.49. The Labute approximate surface area is 134 Å². The van der Waals surface area contributed by atoms with Gasteiger partial charge in [0.2, 0.25) is 0 Å². The highest BCUT2D eigenvalue weighted by Crippen LogP contribution is 2.15. The van der Waals surface area contributed by atoms with Gasteiger partial charge in [0.05, 0.1) is 17.5 Å². The topological polar surface area (TPSA) is 44.3 Å². The summed E-state index contributed by atoms with van der Waals surface area (Å²) in [6.45, 7) is 3.04. The Balaban J connectivity index is 1.76. The third kappa shape index (κ3) is 3.03. The van der Waals surface area contributed by atoms with Gasteiger partial charge in [-0.2, -0.15) is 16.6 Å². The summed E-state index contributed by atoms with van der Waals surface area (Å²) in [6.07, 6.45) is 4.79. The Morgan fingerprint density at radius 2 is 2.27 bits per heavy atom. The van der Waals surface area contributed by atoms with Crippen LogP contribution in [0.25, 0.3) is 5.65 Å². The van der Waals surface area contributed by atoms with Crippen molar-refractivity contribution < 1.29 is 0 Å². The van der Waals surface area contributed by atoms with Crippen LogP contribution in [0.1, 0.15) is 23.7 Å². The van der Waals surface area contributed by atoms with Crippen molar-refractivity contribution in [1.29, 1.82) is 5.26 Å². The van der Waals surface area contributed by atoms with E-state index >= 15 is 0 Å². The zero-order valence-electron chi connectivity index (χ0n) is 12.7. The molecule has 3 rings (SSSR count). The highest BCUT2D eigenvalue weighted by atomic mass is 32.1. The zero-order valence-corrected chi connectivity index (χ0v) is 13.5. The van der Waals surface area contributed by atoms with Crippen molar-refractivity contribution in [3.8, 4) is 6.07 Å². The molecule has 22 heavy (non-hydrogen) atoms. The van der Waals surface area contributed by atoms with Crippen LogP contribution < -0.4 is 0 Å². The lowest BCUT2D eigenvalue weighted by atomic mass is 10.1. The van der Waals surface area contributed by atoms with Crippen molar-refractivity contribution >= 4 is 17.0 Å². The van der Waals surface area contributed by atoms with Gasteiger partial charge in [0.25, 0.3) is 0 Å². The van der Waals surface area contributed by atoms with Gasteiger partial charge in [-0.3, -0.25) is 4.90 Å². The van der Waals surface area contributed by atoms with E-state index in [-0.39, 0.29) is 0 Å². The Morgan fingerprint density at radius 1 is 1.41 bits per heavy atom. The second-order valence-corrected chi connectivity index (χ2v) is 6.39. The van der Waals surface area contributed by atoms with E-state index in [0.29, 0.717) is 11.6 Å². The number of nitriles is 1. The number of fused-ring (bicyclic) bond motifs is 1. The summed E-state index contributed by atoms with van der Waals surface area (Å²) in [5.41, 5.74) is 4.02. The number of likely N-dealkylation sites (N-methyl/N-ethyl adjacent to an activating group) is 1. The molecule has 3 heterocycles. The molecule has 0 spiro atoms. The molecule has 112 valence electrons. The van der Waals surface area contributed by atoms with Gasteiger partial charge in [-0.15, -0.1) is 0 Å². The first-order valence-electron chi connectivity index (χ1n) is 7.25. The van der Waals surface area contributed by atoms with Crippen molar-refractivity contribution in [1.82, 2.24) is 14.3 Å². The number of hydrogen-bond donors (Lipinski definition) is 0. The van der Waals surface area contributed by atoms with E-state index in [0.717, 1.165) is 24.3 Å². The van der Waals surface area contributed by atoms with E-state index < -0.39 is 0 Å². The Bertz CT molecular complexity index is 798. The van der Waals surface area contributed by atoms with Crippen LogP contribution in [0.15, 0.2) is 41.4 Å². The van der Waals surface area contributed by atoms with Gasteiger partial charge in [0, 0.05) is 18.8 Å². The maximum Gasteiger partial charge on any atom is 0.137 e. The number of rotatable bonds is 5. The van der Waals surface area contributed by atoms with Gasteiger partial charge in [-0.05, 0) is 54.9 Å². The second kappa shape index (κ2) is 6.30. The smallest absolute Gasteiger partial charge is 0.137 e. The molecule has 3 aromatic heterocycles. The molecule has 0 saturated heterocycles. The molecule has 5 heteroatoms. The van der Waals surface area contributed by atoms with Crippen molar-refractivity contribution in [2.45, 2.75) is 25.9 Å². The Kier molecular flexibility index (Phi) is 4.23. The fourth-order valence-electron chi connectivity index (χ4n) is 2.53. The lowest BCUT2D eigenvalue weighted by molar-refractivity contribution is 0.245. The standard InChI is InChI=1S/C17H18N4S/c1-13(7-14-5-6-22-12-14)20(2)11-16-9-19-17-4-3-15(8-18)10-21(16)17/h3-6,9-10,12-13H,7,11H2,1-2H3/t13-/m0/s1. The first kappa shape index (κ1) is 14.8. The molecule has 0 aliphatic heterocycles. The fourth-order valence-corrected chi connectivity index (χ4v) is 3.21. The SMILES string of the molecule is C[C@@H](Cc1ccsc1)N(C)Cc1cnc2ccc(C#N)cn12. The van der Waals surface area contributed by atoms with Gasteiger partial charge in [-0.1, -0.05) is 0 Å². The molecule has 0 bridgehead atoms. The molecule has 4 nitrogen and oxygen atoms in total. The van der Waals surface area contributed by atoms with Crippen molar-refractivity contribution in [3.63, 3.8) is 0 Å². The van der Waals surface area contributed by atoms with Gasteiger partial charge in [0.1, 0.15) is 11.7 Å². The summed E-state index contributed by atoms with van der Waals surface area (Å²) < 4.78 is 2.01. The van der Waals surface area contributed by atoms with Crippen LogP contribution in [0.4, 0.5) is 0 Å². The monoisotopic (exact) mass is 310 g/mol. The summed E-state index contributed by atoms with van der Waals surface area (Å²) in [5.74, 6) is 0. The summed E-state index contributed by atoms with van der Waals surface area (Å²) >= 11 is 1.74. The number of pyridine rings is 1. The average molecular weight is 310 g/mol. The number of nitrogens with zero attached hydrogens (tertiary/aromatic N) is 4. The van der Waals surface area contributed by atoms with Crippen LogP contribution in [0.3, 0.4) is 0 Å². The predicted molar refractivity (Wildman–Crippen MR) is 88.9 cm³/mol. The molecule has 0 aromatic carbocycles. The second-order valence-electron chi connectivity index (χ2n) is 5.61. The van der Waals surface area contributed by atoms with Crippen LogP contribution in [-0.2, 0) is 13.0 Å². The Hall–Kier alpha value is -2.16. The molecule has 3 aromatic rings. The molecule has 0 N–H and O–H groups in total. The first-order chi connectivity index (χ1) is 10.7. The minimum absolute atomic E-state index is 0.444. The molecule has 0 aliphatic carbocycles. The van der Waals surface area contributed by atoms with Gasteiger partial charge in [0.15, 0.2) is 0 Å². The van der Waals surface area contributed by atoms with Crippen molar-refractivity contribution in [3.05, 3.63) is 58.2 Å². The lowest BCUT2D eigenvalue weighted by Gasteiger charge is -2.24. The largest absolute Gasteiger partial charge is 0.301 e. The van der Waals surface area contributed by atoms with Gasteiger partial charge in [-0.25, -0.2) is 4.98 Å². The minimum Gasteiger partial charge on any atom is -0.301 e. The van der Waals surface area contributed by atoms with E-state index in [1.54, 1.807) is 17.4 Å². The first-order valence-corrected chi connectivity index (χ1v) is 8.19. The molecule has 0 aliphatic rings. The summed E-state index contributed by atoms with van der Waals surface area (Å²) in [7, 11) is 2.13. The highest BCUT2D eigenvalue weighted by Gasteiger charge is 2.13. The number of imidazole rings is 1. The third-order valence-electron chi connectivity index (χ3n) is 3.99. The molecule has 0 amide bonds. The lowest BCUT2D eigenvalue weighted by Crippen LogP contribution is -2.30. The fraction of sp³-hybridized carbons (Fsp3) is 0.294.